The first-order chi connectivity index (χ1) is 10.5. The van der Waals surface area contributed by atoms with Gasteiger partial charge in [-0.1, -0.05) is 18.2 Å². The van der Waals surface area contributed by atoms with Gasteiger partial charge in [0, 0.05) is 17.7 Å². The molecule has 0 saturated heterocycles. The second-order valence-electron chi connectivity index (χ2n) is 4.76. The number of amides is 1. The highest BCUT2D eigenvalue weighted by molar-refractivity contribution is 6.01. The van der Waals surface area contributed by atoms with Crippen LogP contribution in [0.15, 0.2) is 53.6 Å². The Hall–Kier alpha value is -3.02. The van der Waals surface area contributed by atoms with Gasteiger partial charge in [0.05, 0.1) is 10.6 Å². The first kappa shape index (κ1) is 15.4. The van der Waals surface area contributed by atoms with E-state index in [4.69, 9.17) is 0 Å². The van der Waals surface area contributed by atoms with E-state index in [1.165, 1.54) is 12.1 Å². The van der Waals surface area contributed by atoms with Gasteiger partial charge in [0.2, 0.25) is 0 Å². The minimum Gasteiger partial charge on any atom is -0.267 e. The van der Waals surface area contributed by atoms with E-state index < -0.39 is 4.92 Å². The average Bonchev–Trinajstić information content (AvgIpc) is 2.52. The molecule has 22 heavy (non-hydrogen) atoms. The summed E-state index contributed by atoms with van der Waals surface area (Å²) in [6.07, 6.45) is 0. The number of hydrogen-bond acceptors (Lipinski definition) is 4. The number of hydrazone groups is 1. The molecule has 0 aliphatic carbocycles. The van der Waals surface area contributed by atoms with Gasteiger partial charge in [0.1, 0.15) is 0 Å². The summed E-state index contributed by atoms with van der Waals surface area (Å²) in [4.78, 5) is 22.2. The monoisotopic (exact) mass is 297 g/mol. The summed E-state index contributed by atoms with van der Waals surface area (Å²) in [5, 5.41) is 14.6. The van der Waals surface area contributed by atoms with Crippen LogP contribution in [0.25, 0.3) is 0 Å². The van der Waals surface area contributed by atoms with Crippen LogP contribution in [0.4, 0.5) is 5.69 Å². The number of nitro groups is 1. The predicted octanol–water partition coefficient (Wildman–Crippen LogP) is 3.06. The number of carbonyl (C=O) groups excluding carboxylic acids is 1. The Balaban J connectivity index is 2.11. The smallest absolute Gasteiger partial charge is 0.267 e. The molecule has 0 radical (unpaired) electrons. The molecule has 2 aromatic rings. The van der Waals surface area contributed by atoms with Crippen LogP contribution in [0.5, 0.6) is 0 Å². The fourth-order valence-corrected chi connectivity index (χ4v) is 1.91. The van der Waals surface area contributed by atoms with Crippen molar-refractivity contribution in [3.05, 3.63) is 75.3 Å². The SMILES string of the molecule is CC(=NNC(=O)c1ccccc1C)c1ccc([N+](=O)[O-])cc1. The van der Waals surface area contributed by atoms with Crippen LogP contribution in [0, 0.1) is 17.0 Å². The molecule has 112 valence electrons. The number of aryl methyl sites for hydroxylation is 1. The van der Waals surface area contributed by atoms with Gasteiger partial charge in [-0.2, -0.15) is 5.10 Å². The lowest BCUT2D eigenvalue weighted by Crippen LogP contribution is -2.20. The van der Waals surface area contributed by atoms with Crippen LogP contribution in [-0.2, 0) is 0 Å². The predicted molar refractivity (Wildman–Crippen MR) is 84.0 cm³/mol. The van der Waals surface area contributed by atoms with Gasteiger partial charge in [0.15, 0.2) is 0 Å². The molecule has 0 bridgehead atoms. The molecule has 1 amide bonds. The quantitative estimate of drug-likeness (QED) is 0.534. The Morgan fingerprint density at radius 3 is 2.36 bits per heavy atom. The van der Waals surface area contributed by atoms with Crippen molar-refractivity contribution in [2.45, 2.75) is 13.8 Å². The van der Waals surface area contributed by atoms with Gasteiger partial charge in [-0.3, -0.25) is 14.9 Å². The number of carbonyl (C=O) groups is 1. The normalized spacial score (nSPS) is 11.1. The average molecular weight is 297 g/mol. The van der Waals surface area contributed by atoms with Gasteiger partial charge < -0.3 is 0 Å². The molecule has 1 N–H and O–H groups in total. The summed E-state index contributed by atoms with van der Waals surface area (Å²) in [5.74, 6) is -0.292. The Morgan fingerprint density at radius 2 is 1.77 bits per heavy atom. The number of non-ortho nitro benzene ring substituents is 1. The third kappa shape index (κ3) is 3.54. The van der Waals surface area contributed by atoms with Gasteiger partial charge in [-0.15, -0.1) is 0 Å². The fourth-order valence-electron chi connectivity index (χ4n) is 1.91. The van der Waals surface area contributed by atoms with Gasteiger partial charge in [0.25, 0.3) is 11.6 Å². The van der Waals surface area contributed by atoms with E-state index in [2.05, 4.69) is 10.5 Å². The molecule has 0 spiro atoms. The van der Waals surface area contributed by atoms with Crippen LogP contribution < -0.4 is 5.43 Å². The van der Waals surface area contributed by atoms with Gasteiger partial charge in [-0.25, -0.2) is 5.43 Å². The molecule has 0 unspecified atom stereocenters. The van der Waals surface area contributed by atoms with Gasteiger partial charge >= 0.3 is 0 Å². The number of nitrogens with one attached hydrogen (secondary N) is 1. The van der Waals surface area contributed by atoms with Crippen LogP contribution in [0.1, 0.15) is 28.4 Å². The van der Waals surface area contributed by atoms with Gasteiger partial charge in [-0.05, 0) is 43.2 Å². The Morgan fingerprint density at radius 1 is 1.14 bits per heavy atom. The Kier molecular flexibility index (Phi) is 4.63. The van der Waals surface area contributed by atoms with Crippen molar-refractivity contribution >= 4 is 17.3 Å². The van der Waals surface area contributed by atoms with E-state index in [9.17, 15) is 14.9 Å². The van der Waals surface area contributed by atoms with Crippen LogP contribution in [0.2, 0.25) is 0 Å². The van der Waals surface area contributed by atoms with E-state index in [1.807, 2.05) is 19.1 Å². The van der Waals surface area contributed by atoms with Crippen molar-refractivity contribution in [3.8, 4) is 0 Å². The zero-order chi connectivity index (χ0) is 16.1. The number of nitro benzene ring substituents is 1. The molecular formula is C16H15N3O3. The molecule has 0 aliphatic heterocycles. The maximum atomic E-state index is 12.0. The van der Waals surface area contributed by atoms with Crippen LogP contribution in [0.3, 0.4) is 0 Å². The number of hydrogen-bond donors (Lipinski definition) is 1. The highest BCUT2D eigenvalue weighted by Crippen LogP contribution is 2.12. The third-order valence-electron chi connectivity index (χ3n) is 3.21. The van der Waals surface area contributed by atoms with Crippen molar-refractivity contribution in [2.75, 3.05) is 0 Å². The molecule has 2 aromatic carbocycles. The second-order valence-corrected chi connectivity index (χ2v) is 4.76. The van der Waals surface area contributed by atoms with Crippen LogP contribution >= 0.6 is 0 Å². The van der Waals surface area contributed by atoms with Crippen LogP contribution in [-0.4, -0.2) is 16.5 Å². The summed E-state index contributed by atoms with van der Waals surface area (Å²) in [7, 11) is 0. The largest absolute Gasteiger partial charge is 0.271 e. The standard InChI is InChI=1S/C16H15N3O3/c1-11-5-3-4-6-15(11)16(20)18-17-12(2)13-7-9-14(10-8-13)19(21)22/h3-10H,1-2H3,(H,18,20). The number of benzene rings is 2. The highest BCUT2D eigenvalue weighted by Gasteiger charge is 2.08. The van der Waals surface area contributed by atoms with E-state index >= 15 is 0 Å². The maximum absolute atomic E-state index is 12.0. The molecule has 0 atom stereocenters. The minimum atomic E-state index is -0.462. The molecule has 6 nitrogen and oxygen atoms in total. The molecule has 0 aromatic heterocycles. The Bertz CT molecular complexity index is 737. The molecule has 0 saturated carbocycles. The lowest BCUT2D eigenvalue weighted by molar-refractivity contribution is -0.384. The van der Waals surface area contributed by atoms with Crippen molar-refractivity contribution in [1.29, 1.82) is 0 Å². The Labute approximate surface area is 127 Å². The zero-order valence-corrected chi connectivity index (χ0v) is 12.2. The minimum absolute atomic E-state index is 0.0143. The van der Waals surface area contributed by atoms with E-state index in [1.54, 1.807) is 31.2 Å². The zero-order valence-electron chi connectivity index (χ0n) is 12.2. The fraction of sp³-hybridized carbons (Fsp3) is 0.125. The lowest BCUT2D eigenvalue weighted by Gasteiger charge is -2.05. The summed E-state index contributed by atoms with van der Waals surface area (Å²) in [6.45, 7) is 3.57. The number of nitrogens with zero attached hydrogens (tertiary/aromatic N) is 2. The lowest BCUT2D eigenvalue weighted by atomic mass is 10.1. The molecule has 0 fully saturated rings. The maximum Gasteiger partial charge on any atom is 0.271 e. The molecule has 0 aliphatic rings. The summed E-state index contributed by atoms with van der Waals surface area (Å²) in [5.41, 5.74) is 5.20. The topological polar surface area (TPSA) is 84.6 Å². The van der Waals surface area contributed by atoms with Crippen molar-refractivity contribution in [2.24, 2.45) is 5.10 Å². The second kappa shape index (κ2) is 6.62. The molecule has 2 rings (SSSR count). The van der Waals surface area contributed by atoms with Crippen molar-refractivity contribution in [3.63, 3.8) is 0 Å². The summed E-state index contributed by atoms with van der Waals surface area (Å²) < 4.78 is 0. The summed E-state index contributed by atoms with van der Waals surface area (Å²) >= 11 is 0. The molecule has 6 heteroatoms. The van der Waals surface area contributed by atoms with Crippen molar-refractivity contribution in [1.82, 2.24) is 5.43 Å². The van der Waals surface area contributed by atoms with E-state index in [0.29, 0.717) is 16.8 Å². The summed E-state index contributed by atoms with van der Waals surface area (Å²) in [6, 6.07) is 13.2. The molecule has 0 heterocycles. The van der Waals surface area contributed by atoms with E-state index in [-0.39, 0.29) is 11.6 Å². The first-order valence-electron chi connectivity index (χ1n) is 6.64. The third-order valence-corrected chi connectivity index (χ3v) is 3.21. The first-order valence-corrected chi connectivity index (χ1v) is 6.64. The molecular weight excluding hydrogens is 282 g/mol. The van der Waals surface area contributed by atoms with Crippen molar-refractivity contribution < 1.29 is 9.72 Å². The number of rotatable bonds is 4. The highest BCUT2D eigenvalue weighted by atomic mass is 16.6. The van der Waals surface area contributed by atoms with E-state index in [0.717, 1.165) is 5.56 Å².